The van der Waals surface area contributed by atoms with Crippen LogP contribution in [0.5, 0.6) is 0 Å². The molecule has 2 N–H and O–H groups in total. The van der Waals surface area contributed by atoms with Crippen molar-refractivity contribution in [2.24, 2.45) is 0 Å². The number of nitrogens with one attached hydrogen (secondary N) is 2. The minimum absolute atomic E-state index is 0.0120. The maximum Gasteiger partial charge on any atom is 0.243 e. The Balaban J connectivity index is 1.59. The molecule has 1 aliphatic rings. The lowest BCUT2D eigenvalue weighted by atomic mass is 9.92. The lowest BCUT2D eigenvalue weighted by Crippen LogP contribution is -2.42. The van der Waals surface area contributed by atoms with Gasteiger partial charge >= 0.3 is 0 Å². The van der Waals surface area contributed by atoms with Gasteiger partial charge in [-0.05, 0) is 54.3 Å². The minimum atomic E-state index is -3.89. The van der Waals surface area contributed by atoms with Crippen molar-refractivity contribution < 1.29 is 18.0 Å². The third-order valence-electron chi connectivity index (χ3n) is 6.48. The van der Waals surface area contributed by atoms with Crippen molar-refractivity contribution in [3.05, 3.63) is 95.6 Å². The predicted molar refractivity (Wildman–Crippen MR) is 140 cm³/mol. The van der Waals surface area contributed by atoms with Crippen LogP contribution in [0.3, 0.4) is 0 Å². The molecule has 0 radical (unpaired) electrons. The highest BCUT2D eigenvalue weighted by atomic mass is 32.2. The molecule has 7 nitrogen and oxygen atoms in total. The van der Waals surface area contributed by atoms with Gasteiger partial charge < -0.3 is 10.6 Å². The average Bonchev–Trinajstić information content (AvgIpc) is 2.89. The number of amides is 2. The van der Waals surface area contributed by atoms with Crippen LogP contribution in [0.4, 0.5) is 5.69 Å². The van der Waals surface area contributed by atoms with Gasteiger partial charge in [-0.1, -0.05) is 61.5 Å². The molecule has 0 spiro atoms. The second-order valence-electron chi connectivity index (χ2n) is 8.91. The number of carbonyl (C=O) groups excluding carboxylic acids is 2. The molecule has 4 rings (SSSR count). The first-order chi connectivity index (χ1) is 17.3. The Morgan fingerprint density at radius 3 is 2.31 bits per heavy atom. The van der Waals surface area contributed by atoms with Crippen molar-refractivity contribution in [3.63, 3.8) is 0 Å². The lowest BCUT2D eigenvalue weighted by Gasteiger charge is -2.36. The molecule has 8 heteroatoms. The van der Waals surface area contributed by atoms with Crippen LogP contribution < -0.4 is 10.6 Å². The highest BCUT2D eigenvalue weighted by molar-refractivity contribution is 7.89. The predicted octanol–water partition coefficient (Wildman–Crippen LogP) is 4.59. The molecular weight excluding hydrogens is 474 g/mol. The van der Waals surface area contributed by atoms with E-state index in [1.165, 1.54) is 16.4 Å². The van der Waals surface area contributed by atoms with Gasteiger partial charge in [0.15, 0.2) is 0 Å². The Morgan fingerprint density at radius 2 is 1.61 bits per heavy atom. The number of benzene rings is 3. The van der Waals surface area contributed by atoms with Gasteiger partial charge in [-0.15, -0.1) is 0 Å². The highest BCUT2D eigenvalue weighted by Gasteiger charge is 2.37. The Morgan fingerprint density at radius 1 is 0.944 bits per heavy atom. The average molecular weight is 506 g/mol. The third-order valence-corrected chi connectivity index (χ3v) is 8.41. The molecule has 3 aromatic rings. The summed E-state index contributed by atoms with van der Waals surface area (Å²) in [7, 11) is -3.89. The van der Waals surface area contributed by atoms with Gasteiger partial charge in [-0.3, -0.25) is 9.59 Å². The molecule has 1 heterocycles. The maximum absolute atomic E-state index is 13.7. The van der Waals surface area contributed by atoms with Gasteiger partial charge in [0.05, 0.1) is 17.0 Å². The lowest BCUT2D eigenvalue weighted by molar-refractivity contribution is -0.122. The molecule has 0 saturated carbocycles. The zero-order chi connectivity index (χ0) is 25.7. The van der Waals surface area contributed by atoms with E-state index in [4.69, 9.17) is 0 Å². The fourth-order valence-electron chi connectivity index (χ4n) is 4.52. The van der Waals surface area contributed by atoms with Gasteiger partial charge in [0.1, 0.15) is 0 Å². The van der Waals surface area contributed by atoms with E-state index in [1.807, 2.05) is 61.5 Å². The number of sulfonamides is 1. The number of nitrogens with zero attached hydrogens (tertiary/aromatic N) is 1. The van der Waals surface area contributed by atoms with Crippen LogP contribution in [0.2, 0.25) is 0 Å². The molecule has 0 saturated heterocycles. The van der Waals surface area contributed by atoms with Gasteiger partial charge in [-0.25, -0.2) is 8.42 Å². The zero-order valence-corrected chi connectivity index (χ0v) is 21.3. The summed E-state index contributed by atoms with van der Waals surface area (Å²) < 4.78 is 28.9. The summed E-state index contributed by atoms with van der Waals surface area (Å²) in [6.07, 6.45) is 0.913. The van der Waals surface area contributed by atoms with Crippen molar-refractivity contribution in [1.29, 1.82) is 0 Å². The van der Waals surface area contributed by atoms with Crippen molar-refractivity contribution in [2.75, 3.05) is 11.9 Å². The smallest absolute Gasteiger partial charge is 0.243 e. The largest absolute Gasteiger partial charge is 0.350 e. The van der Waals surface area contributed by atoms with Crippen LogP contribution in [0, 0.1) is 0 Å². The Kier molecular flexibility index (Phi) is 7.86. The van der Waals surface area contributed by atoms with E-state index in [-0.39, 0.29) is 35.7 Å². The maximum atomic E-state index is 13.7. The fourth-order valence-corrected chi connectivity index (χ4v) is 6.13. The third kappa shape index (κ3) is 5.66. The second kappa shape index (κ2) is 11.1. The molecule has 0 bridgehead atoms. The van der Waals surface area contributed by atoms with E-state index in [9.17, 15) is 18.0 Å². The van der Waals surface area contributed by atoms with Gasteiger partial charge in [0.25, 0.3) is 0 Å². The summed E-state index contributed by atoms with van der Waals surface area (Å²) >= 11 is 0. The quantitative estimate of drug-likeness (QED) is 0.468. The Bertz CT molecular complexity index is 1320. The van der Waals surface area contributed by atoms with Gasteiger partial charge in [-0.2, -0.15) is 4.31 Å². The number of carbonyl (C=O) groups is 2. The van der Waals surface area contributed by atoms with E-state index in [0.717, 1.165) is 16.7 Å². The second-order valence-corrected chi connectivity index (χ2v) is 10.8. The zero-order valence-electron chi connectivity index (χ0n) is 20.5. The SMILES string of the molecule is CCC(=O)Nc1ccc(S(=O)(=O)N2CCc3ccccc3[C@H]2CC(=O)N[C@H](C)c2ccccc2)cc1. The standard InChI is InChI=1S/C28H31N3O4S/c1-3-27(32)30-23-13-15-24(16-14-23)36(34,35)31-18-17-22-11-7-8-12-25(22)26(31)19-28(33)29-20(2)21-9-5-4-6-10-21/h4-16,20,26H,3,17-19H2,1-2H3,(H,29,33)(H,30,32)/t20-,26-/m1/s1. The summed E-state index contributed by atoms with van der Waals surface area (Å²) in [5.74, 6) is -0.361. The molecule has 1 aliphatic heterocycles. The normalized spacial score (nSPS) is 16.6. The topological polar surface area (TPSA) is 95.6 Å². The van der Waals surface area contributed by atoms with Crippen LogP contribution in [0.1, 0.15) is 55.5 Å². The number of fused-ring (bicyclic) bond motifs is 1. The molecule has 36 heavy (non-hydrogen) atoms. The summed E-state index contributed by atoms with van der Waals surface area (Å²) in [5.41, 5.74) is 3.42. The molecule has 0 unspecified atom stereocenters. The summed E-state index contributed by atoms with van der Waals surface area (Å²) in [5, 5.41) is 5.75. The first-order valence-corrected chi connectivity index (χ1v) is 13.6. The number of hydrogen-bond donors (Lipinski definition) is 2. The van der Waals surface area contributed by atoms with E-state index in [2.05, 4.69) is 10.6 Å². The van der Waals surface area contributed by atoms with E-state index >= 15 is 0 Å². The molecule has 0 aromatic heterocycles. The number of hydrogen-bond acceptors (Lipinski definition) is 4. The van der Waals surface area contributed by atoms with Crippen LogP contribution in [-0.2, 0) is 26.0 Å². The van der Waals surface area contributed by atoms with E-state index < -0.39 is 16.1 Å². The van der Waals surface area contributed by atoms with Crippen molar-refractivity contribution in [1.82, 2.24) is 9.62 Å². The van der Waals surface area contributed by atoms with Crippen LogP contribution >= 0.6 is 0 Å². The van der Waals surface area contributed by atoms with Gasteiger partial charge in [0.2, 0.25) is 21.8 Å². The van der Waals surface area contributed by atoms with E-state index in [1.54, 1.807) is 19.1 Å². The Labute approximate surface area is 212 Å². The van der Waals surface area contributed by atoms with Crippen molar-refractivity contribution in [3.8, 4) is 0 Å². The minimum Gasteiger partial charge on any atom is -0.350 e. The molecule has 0 aliphatic carbocycles. The first kappa shape index (κ1) is 25.6. The summed E-state index contributed by atoms with van der Waals surface area (Å²) in [6.45, 7) is 3.94. The molecule has 2 atom stereocenters. The summed E-state index contributed by atoms with van der Waals surface area (Å²) in [6, 6.07) is 22.7. The van der Waals surface area contributed by atoms with E-state index in [0.29, 0.717) is 18.5 Å². The molecule has 0 fully saturated rings. The number of rotatable bonds is 8. The van der Waals surface area contributed by atoms with Crippen molar-refractivity contribution in [2.45, 2.75) is 50.1 Å². The van der Waals surface area contributed by atoms with Crippen LogP contribution in [0.25, 0.3) is 0 Å². The monoisotopic (exact) mass is 505 g/mol. The highest BCUT2D eigenvalue weighted by Crippen LogP contribution is 2.36. The van der Waals surface area contributed by atoms with Crippen LogP contribution in [-0.4, -0.2) is 31.1 Å². The molecular formula is C28H31N3O4S. The van der Waals surface area contributed by atoms with Crippen LogP contribution in [0.15, 0.2) is 83.8 Å². The summed E-state index contributed by atoms with van der Waals surface area (Å²) in [4.78, 5) is 24.9. The Hall–Kier alpha value is -3.49. The fraction of sp³-hybridized carbons (Fsp3) is 0.286. The van der Waals surface area contributed by atoms with Crippen molar-refractivity contribution >= 4 is 27.5 Å². The number of anilines is 1. The molecule has 2 amide bonds. The first-order valence-electron chi connectivity index (χ1n) is 12.1. The molecule has 3 aromatic carbocycles. The molecule has 188 valence electrons. The van der Waals surface area contributed by atoms with Gasteiger partial charge in [0, 0.05) is 25.1 Å².